The Morgan fingerprint density at radius 1 is 1.31 bits per heavy atom. The maximum absolute atomic E-state index is 13.1. The Labute approximate surface area is 184 Å². The van der Waals surface area contributed by atoms with Gasteiger partial charge in [-0.3, -0.25) is 9.59 Å². The van der Waals surface area contributed by atoms with Crippen LogP contribution >= 0.6 is 27.3 Å². The molecular weight excluding hydrogens is 452 g/mol. The van der Waals surface area contributed by atoms with Crippen molar-refractivity contribution in [3.05, 3.63) is 43.7 Å². The second-order valence-electron chi connectivity index (χ2n) is 8.64. The van der Waals surface area contributed by atoms with Crippen molar-refractivity contribution in [3.8, 4) is 5.75 Å². The molecule has 0 saturated heterocycles. The molecule has 29 heavy (non-hydrogen) atoms. The number of nitrogens with two attached hydrogens (primary N) is 1. The van der Waals surface area contributed by atoms with Crippen LogP contribution in [-0.4, -0.2) is 18.9 Å². The third kappa shape index (κ3) is 4.36. The summed E-state index contributed by atoms with van der Waals surface area (Å²) in [6, 6.07) is 3.61. The van der Waals surface area contributed by atoms with Gasteiger partial charge in [-0.15, -0.1) is 11.3 Å². The van der Waals surface area contributed by atoms with Gasteiger partial charge in [-0.05, 0) is 60.8 Å². The molecule has 7 heteroatoms. The number of anilines is 1. The van der Waals surface area contributed by atoms with Crippen LogP contribution in [0.15, 0.2) is 16.6 Å². The van der Waals surface area contributed by atoms with E-state index in [4.69, 9.17) is 10.5 Å². The summed E-state index contributed by atoms with van der Waals surface area (Å²) in [5.74, 6) is 0.232. The van der Waals surface area contributed by atoms with Gasteiger partial charge in [-0.1, -0.05) is 36.7 Å². The summed E-state index contributed by atoms with van der Waals surface area (Å²) < 4.78 is 6.22. The van der Waals surface area contributed by atoms with Crippen molar-refractivity contribution in [2.75, 3.05) is 12.4 Å². The molecule has 1 aliphatic rings. The van der Waals surface area contributed by atoms with Crippen LogP contribution in [0, 0.1) is 18.3 Å². The average Bonchev–Trinajstić information content (AvgIpc) is 2.97. The summed E-state index contributed by atoms with van der Waals surface area (Å²) in [5.41, 5.74) is 8.61. The predicted octanol–water partition coefficient (Wildman–Crippen LogP) is 5.33. The Morgan fingerprint density at radius 3 is 2.59 bits per heavy atom. The number of thiophene rings is 1. The van der Waals surface area contributed by atoms with Gasteiger partial charge in [-0.2, -0.15) is 0 Å². The van der Waals surface area contributed by atoms with Gasteiger partial charge < -0.3 is 15.8 Å². The first-order valence-electron chi connectivity index (χ1n) is 9.62. The normalized spacial score (nSPS) is 16.3. The highest BCUT2D eigenvalue weighted by Gasteiger charge is 2.33. The van der Waals surface area contributed by atoms with Crippen molar-refractivity contribution in [2.24, 2.45) is 17.1 Å². The lowest BCUT2D eigenvalue weighted by Crippen LogP contribution is -2.27. The summed E-state index contributed by atoms with van der Waals surface area (Å²) in [5, 5.41) is 3.46. The number of nitrogens with one attached hydrogen (secondary N) is 1. The lowest BCUT2D eigenvalue weighted by Gasteiger charge is -2.33. The number of rotatable bonds is 4. The first kappa shape index (κ1) is 21.8. The molecule has 0 bridgehead atoms. The molecule has 1 atom stereocenters. The summed E-state index contributed by atoms with van der Waals surface area (Å²) in [4.78, 5) is 26.4. The number of methoxy groups -OCH3 is 1. The molecule has 1 aromatic carbocycles. The van der Waals surface area contributed by atoms with E-state index in [0.29, 0.717) is 27.8 Å². The second-order valence-corrected chi connectivity index (χ2v) is 10.7. The highest BCUT2D eigenvalue weighted by Crippen LogP contribution is 2.44. The van der Waals surface area contributed by atoms with Gasteiger partial charge in [0.05, 0.1) is 18.2 Å². The topological polar surface area (TPSA) is 81.4 Å². The minimum absolute atomic E-state index is 0.194. The minimum Gasteiger partial charge on any atom is -0.496 e. The number of hydrogen-bond acceptors (Lipinski definition) is 4. The fraction of sp³-hybridized carbons (Fsp3) is 0.455. The molecule has 1 unspecified atom stereocenters. The number of carbonyl (C=O) groups excluding carboxylic acids is 2. The number of amides is 2. The third-order valence-electron chi connectivity index (χ3n) is 5.65. The molecule has 3 rings (SSSR count). The van der Waals surface area contributed by atoms with Crippen molar-refractivity contribution < 1.29 is 14.3 Å². The molecule has 1 heterocycles. The molecule has 2 aromatic rings. The molecule has 0 radical (unpaired) electrons. The molecule has 1 aromatic heterocycles. The first-order chi connectivity index (χ1) is 13.5. The summed E-state index contributed by atoms with van der Waals surface area (Å²) in [7, 11) is 1.54. The van der Waals surface area contributed by atoms with Crippen molar-refractivity contribution in [1.82, 2.24) is 0 Å². The van der Waals surface area contributed by atoms with Crippen LogP contribution < -0.4 is 15.8 Å². The summed E-state index contributed by atoms with van der Waals surface area (Å²) in [6.45, 7) is 8.62. The molecular formula is C22H27BrN2O3S. The quantitative estimate of drug-likeness (QED) is 0.622. The van der Waals surface area contributed by atoms with E-state index in [-0.39, 0.29) is 11.3 Å². The monoisotopic (exact) mass is 478 g/mol. The Balaban J connectivity index is 1.98. The fourth-order valence-electron chi connectivity index (χ4n) is 4.01. The third-order valence-corrected chi connectivity index (χ3v) is 7.28. The molecule has 1 aliphatic carbocycles. The molecule has 0 spiro atoms. The van der Waals surface area contributed by atoms with E-state index in [1.54, 1.807) is 13.2 Å². The predicted molar refractivity (Wildman–Crippen MR) is 121 cm³/mol. The van der Waals surface area contributed by atoms with E-state index in [2.05, 4.69) is 42.0 Å². The number of hydrogen-bond donors (Lipinski definition) is 2. The van der Waals surface area contributed by atoms with Crippen LogP contribution in [0.25, 0.3) is 0 Å². The Bertz CT molecular complexity index is 975. The summed E-state index contributed by atoms with van der Waals surface area (Å²) >= 11 is 4.90. The number of benzene rings is 1. The van der Waals surface area contributed by atoms with Crippen LogP contribution in [0.3, 0.4) is 0 Å². The average molecular weight is 479 g/mol. The fourth-order valence-corrected chi connectivity index (χ4v) is 5.91. The Hall–Kier alpha value is -1.86. The van der Waals surface area contributed by atoms with Crippen LogP contribution in [0.2, 0.25) is 0 Å². The van der Waals surface area contributed by atoms with Gasteiger partial charge in [-0.25, -0.2) is 0 Å². The highest BCUT2D eigenvalue weighted by molar-refractivity contribution is 9.10. The Kier molecular flexibility index (Phi) is 6.11. The molecule has 5 nitrogen and oxygen atoms in total. The number of halogens is 1. The van der Waals surface area contributed by atoms with Crippen LogP contribution in [0.4, 0.5) is 5.00 Å². The van der Waals surface area contributed by atoms with Gasteiger partial charge in [0.2, 0.25) is 0 Å². The van der Waals surface area contributed by atoms with Gasteiger partial charge in [0.25, 0.3) is 11.8 Å². The van der Waals surface area contributed by atoms with Gasteiger partial charge in [0.15, 0.2) is 0 Å². The molecule has 0 aliphatic heterocycles. The van der Waals surface area contributed by atoms with Crippen molar-refractivity contribution in [1.29, 1.82) is 0 Å². The number of ether oxygens (including phenoxy) is 1. The number of carbonyl (C=O) groups is 2. The molecule has 2 amide bonds. The smallest absolute Gasteiger partial charge is 0.260 e. The van der Waals surface area contributed by atoms with Crippen molar-refractivity contribution in [2.45, 2.75) is 47.0 Å². The zero-order valence-corrected chi connectivity index (χ0v) is 19.8. The van der Waals surface area contributed by atoms with E-state index in [1.807, 2.05) is 13.0 Å². The van der Waals surface area contributed by atoms with Crippen LogP contribution in [-0.2, 0) is 12.8 Å². The zero-order chi connectivity index (χ0) is 21.5. The molecule has 0 fully saturated rings. The van der Waals surface area contributed by atoms with E-state index in [1.165, 1.54) is 11.3 Å². The number of fused-ring (bicyclic) bond motifs is 1. The van der Waals surface area contributed by atoms with Crippen LogP contribution in [0.5, 0.6) is 5.75 Å². The van der Waals surface area contributed by atoms with E-state index in [0.717, 1.165) is 39.7 Å². The van der Waals surface area contributed by atoms with E-state index in [9.17, 15) is 9.59 Å². The van der Waals surface area contributed by atoms with E-state index < -0.39 is 5.91 Å². The Morgan fingerprint density at radius 2 is 2.00 bits per heavy atom. The van der Waals surface area contributed by atoms with Gasteiger partial charge >= 0.3 is 0 Å². The number of primary amides is 1. The SMILES string of the molecule is COc1c(C)cc(Br)cc1C(=O)Nc1sc2c(c1C(N)=O)CCC(C(C)(C)C)C2. The second kappa shape index (κ2) is 8.11. The zero-order valence-electron chi connectivity index (χ0n) is 17.4. The molecule has 0 saturated carbocycles. The van der Waals surface area contributed by atoms with Crippen LogP contribution in [0.1, 0.15) is 63.9 Å². The van der Waals surface area contributed by atoms with Crippen molar-refractivity contribution in [3.63, 3.8) is 0 Å². The minimum atomic E-state index is -0.496. The maximum Gasteiger partial charge on any atom is 0.260 e. The highest BCUT2D eigenvalue weighted by atomic mass is 79.9. The van der Waals surface area contributed by atoms with Crippen molar-refractivity contribution >= 4 is 44.1 Å². The largest absolute Gasteiger partial charge is 0.496 e. The maximum atomic E-state index is 13.1. The standard InChI is InChI=1S/C22H27BrN2O3S/c1-11-8-13(23)10-15(18(11)28-5)20(27)25-21-17(19(24)26)14-7-6-12(22(2,3)4)9-16(14)29-21/h8,10,12H,6-7,9H2,1-5H3,(H2,24,26)(H,25,27). The lowest BCUT2D eigenvalue weighted by molar-refractivity contribution is 0.1000. The molecule has 3 N–H and O–H groups in total. The first-order valence-corrected chi connectivity index (χ1v) is 11.2. The van der Waals surface area contributed by atoms with E-state index >= 15 is 0 Å². The summed E-state index contributed by atoms with van der Waals surface area (Å²) in [6.07, 6.45) is 2.72. The van der Waals surface area contributed by atoms with Gasteiger partial charge in [0, 0.05) is 9.35 Å². The number of aryl methyl sites for hydroxylation is 1. The lowest BCUT2D eigenvalue weighted by atomic mass is 9.72. The van der Waals surface area contributed by atoms with Gasteiger partial charge in [0.1, 0.15) is 10.8 Å². The molecule has 156 valence electrons.